The Kier molecular flexibility index (Phi) is 6.44. The van der Waals surface area contributed by atoms with Crippen LogP contribution in [0.5, 0.6) is 0 Å². The Labute approximate surface area is 198 Å². The van der Waals surface area contributed by atoms with E-state index >= 15 is 0 Å². The number of nitrogens with zero attached hydrogens (tertiary/aromatic N) is 4. The normalized spacial score (nSPS) is 12.2. The molecule has 0 bridgehead atoms. The van der Waals surface area contributed by atoms with E-state index in [0.717, 1.165) is 54.7 Å². The summed E-state index contributed by atoms with van der Waals surface area (Å²) in [5.74, 6) is -0.908. The molecule has 2 N–H and O–H groups in total. The first kappa shape index (κ1) is 22.0. The second kappa shape index (κ2) is 9.97. The summed E-state index contributed by atoms with van der Waals surface area (Å²) < 4.78 is 1.67. The van der Waals surface area contributed by atoms with Gasteiger partial charge >= 0.3 is 5.97 Å². The van der Waals surface area contributed by atoms with Crippen molar-refractivity contribution in [1.29, 1.82) is 0 Å². The van der Waals surface area contributed by atoms with E-state index in [1.54, 1.807) is 23.3 Å². The van der Waals surface area contributed by atoms with Crippen LogP contribution in [0.4, 0.5) is 0 Å². The Balaban J connectivity index is 1.14. The molecule has 3 aromatic heterocycles. The fourth-order valence-corrected chi connectivity index (χ4v) is 4.59. The smallest absolute Gasteiger partial charge is 0.354 e. The highest BCUT2D eigenvalue weighted by molar-refractivity contribution is 5.90. The van der Waals surface area contributed by atoms with Gasteiger partial charge in [-0.25, -0.2) is 4.79 Å². The Morgan fingerprint density at radius 3 is 2.50 bits per heavy atom. The number of aromatic nitrogens is 4. The van der Waals surface area contributed by atoms with E-state index in [0.29, 0.717) is 18.7 Å². The maximum Gasteiger partial charge on any atom is 0.354 e. The van der Waals surface area contributed by atoms with Crippen LogP contribution in [0.15, 0.2) is 67.3 Å². The third kappa shape index (κ3) is 4.61. The molecule has 1 aliphatic carbocycles. The molecule has 0 atom stereocenters. The number of carboxylic acid groups (broad SMARTS) is 1. The highest BCUT2D eigenvalue weighted by Crippen LogP contribution is 2.34. The average molecular weight is 454 g/mol. The third-order valence-electron chi connectivity index (χ3n) is 6.34. The third-order valence-corrected chi connectivity index (χ3v) is 6.34. The summed E-state index contributed by atoms with van der Waals surface area (Å²) in [6.07, 6.45) is 10.4. The molecule has 7 nitrogen and oxygen atoms in total. The molecular formula is C27H27N5O2. The topological polar surface area (TPSA) is 92.9 Å². The van der Waals surface area contributed by atoms with Gasteiger partial charge < -0.3 is 10.4 Å². The number of aryl methyl sites for hydroxylation is 2. The number of fused-ring (bicyclic) bond motifs is 3. The van der Waals surface area contributed by atoms with E-state index in [1.807, 2.05) is 24.4 Å². The van der Waals surface area contributed by atoms with Crippen LogP contribution in [-0.2, 0) is 25.8 Å². The minimum Gasteiger partial charge on any atom is -0.477 e. The number of carboxylic acids is 1. The van der Waals surface area contributed by atoms with E-state index in [1.165, 1.54) is 16.7 Å². The SMILES string of the molecule is O=C(O)c1c2c(nn1CCCNCCc1ccc(-c3ccncc3)cc1)-c1ccncc1CC2. The van der Waals surface area contributed by atoms with Gasteiger partial charge in [-0.3, -0.25) is 14.6 Å². The van der Waals surface area contributed by atoms with Gasteiger partial charge in [0.1, 0.15) is 5.69 Å². The number of rotatable bonds is 9. The van der Waals surface area contributed by atoms with Crippen molar-refractivity contribution < 1.29 is 9.90 Å². The summed E-state index contributed by atoms with van der Waals surface area (Å²) >= 11 is 0. The van der Waals surface area contributed by atoms with Gasteiger partial charge in [-0.2, -0.15) is 5.10 Å². The molecule has 0 radical (unpaired) electrons. The molecule has 34 heavy (non-hydrogen) atoms. The second-order valence-electron chi connectivity index (χ2n) is 8.52. The standard InChI is InChI=1S/C27H27N5O2/c33-27(34)26-24-7-6-22-18-30-16-11-23(22)25(24)31-32(26)17-1-12-28-13-8-19-2-4-20(5-3-19)21-9-14-29-15-10-21/h2-5,9-11,14-16,18,28H,1,6-8,12-13,17H2,(H,33,34). The van der Waals surface area contributed by atoms with Gasteiger partial charge in [0.25, 0.3) is 0 Å². The predicted octanol–water partition coefficient (Wildman–Crippen LogP) is 4.03. The molecule has 5 rings (SSSR count). The molecule has 1 aromatic carbocycles. The fraction of sp³-hybridized carbons (Fsp3) is 0.259. The Morgan fingerprint density at radius 2 is 1.71 bits per heavy atom. The number of hydrogen-bond donors (Lipinski definition) is 2. The molecule has 0 spiro atoms. The minimum absolute atomic E-state index is 0.326. The molecule has 0 amide bonds. The molecular weight excluding hydrogens is 426 g/mol. The van der Waals surface area contributed by atoms with Crippen molar-refractivity contribution >= 4 is 5.97 Å². The molecule has 4 aromatic rings. The number of nitrogens with one attached hydrogen (secondary N) is 1. The number of benzene rings is 1. The van der Waals surface area contributed by atoms with E-state index in [2.05, 4.69) is 44.6 Å². The zero-order valence-corrected chi connectivity index (χ0v) is 18.9. The minimum atomic E-state index is -0.908. The fourth-order valence-electron chi connectivity index (χ4n) is 4.59. The highest BCUT2D eigenvalue weighted by atomic mass is 16.4. The molecule has 0 saturated heterocycles. The summed E-state index contributed by atoms with van der Waals surface area (Å²) in [7, 11) is 0. The van der Waals surface area contributed by atoms with Gasteiger partial charge in [-0.05, 0) is 79.2 Å². The molecule has 0 saturated carbocycles. The molecule has 0 aliphatic heterocycles. The predicted molar refractivity (Wildman–Crippen MR) is 131 cm³/mol. The van der Waals surface area contributed by atoms with Crippen molar-refractivity contribution in [2.24, 2.45) is 0 Å². The molecule has 1 aliphatic rings. The first-order chi connectivity index (χ1) is 16.7. The van der Waals surface area contributed by atoms with Crippen LogP contribution < -0.4 is 5.32 Å². The molecule has 3 heterocycles. The van der Waals surface area contributed by atoms with E-state index < -0.39 is 5.97 Å². The Hall–Kier alpha value is -3.84. The van der Waals surface area contributed by atoms with Crippen molar-refractivity contribution in [2.75, 3.05) is 13.1 Å². The van der Waals surface area contributed by atoms with Crippen LogP contribution in [0.1, 0.15) is 33.6 Å². The van der Waals surface area contributed by atoms with Crippen LogP contribution in [0.3, 0.4) is 0 Å². The summed E-state index contributed by atoms with van der Waals surface area (Å²) in [4.78, 5) is 20.2. The zero-order valence-electron chi connectivity index (χ0n) is 18.9. The van der Waals surface area contributed by atoms with Gasteiger partial charge in [-0.15, -0.1) is 0 Å². The van der Waals surface area contributed by atoms with Gasteiger partial charge in [0.2, 0.25) is 0 Å². The lowest BCUT2D eigenvalue weighted by molar-refractivity contribution is 0.0681. The molecule has 0 unspecified atom stereocenters. The van der Waals surface area contributed by atoms with Gasteiger partial charge in [-0.1, -0.05) is 24.3 Å². The summed E-state index contributed by atoms with van der Waals surface area (Å²) in [5, 5.41) is 18.0. The van der Waals surface area contributed by atoms with Crippen molar-refractivity contribution in [3.8, 4) is 22.4 Å². The summed E-state index contributed by atoms with van der Waals surface area (Å²) in [6, 6.07) is 14.6. The van der Waals surface area contributed by atoms with E-state index in [-0.39, 0.29) is 0 Å². The first-order valence-electron chi connectivity index (χ1n) is 11.7. The van der Waals surface area contributed by atoms with Crippen molar-refractivity contribution in [2.45, 2.75) is 32.2 Å². The van der Waals surface area contributed by atoms with Crippen LogP contribution in [0.25, 0.3) is 22.4 Å². The van der Waals surface area contributed by atoms with Crippen molar-refractivity contribution in [1.82, 2.24) is 25.1 Å². The Morgan fingerprint density at radius 1 is 0.941 bits per heavy atom. The van der Waals surface area contributed by atoms with Crippen molar-refractivity contribution in [3.63, 3.8) is 0 Å². The van der Waals surface area contributed by atoms with Crippen LogP contribution >= 0.6 is 0 Å². The van der Waals surface area contributed by atoms with Gasteiger partial charge in [0.15, 0.2) is 0 Å². The second-order valence-corrected chi connectivity index (χ2v) is 8.52. The lowest BCUT2D eigenvalue weighted by Gasteiger charge is -2.14. The van der Waals surface area contributed by atoms with Crippen LogP contribution in [-0.4, -0.2) is 43.9 Å². The van der Waals surface area contributed by atoms with E-state index in [4.69, 9.17) is 0 Å². The Bertz CT molecular complexity index is 1280. The maximum atomic E-state index is 12.0. The lowest BCUT2D eigenvalue weighted by atomic mass is 9.90. The number of pyridine rings is 2. The van der Waals surface area contributed by atoms with Crippen LogP contribution in [0, 0.1) is 0 Å². The quantitative estimate of drug-likeness (QED) is 0.372. The highest BCUT2D eigenvalue weighted by Gasteiger charge is 2.27. The van der Waals surface area contributed by atoms with Gasteiger partial charge in [0, 0.05) is 42.5 Å². The van der Waals surface area contributed by atoms with E-state index in [9.17, 15) is 9.90 Å². The first-order valence-corrected chi connectivity index (χ1v) is 11.7. The maximum absolute atomic E-state index is 12.0. The number of hydrogen-bond acceptors (Lipinski definition) is 5. The molecule has 172 valence electrons. The molecule has 0 fully saturated rings. The molecule has 7 heteroatoms. The zero-order chi connectivity index (χ0) is 23.3. The van der Waals surface area contributed by atoms with Crippen LogP contribution in [0.2, 0.25) is 0 Å². The summed E-state index contributed by atoms with van der Waals surface area (Å²) in [6.45, 7) is 2.25. The largest absolute Gasteiger partial charge is 0.477 e. The monoisotopic (exact) mass is 453 g/mol. The van der Waals surface area contributed by atoms with Gasteiger partial charge in [0.05, 0.1) is 5.69 Å². The lowest BCUT2D eigenvalue weighted by Crippen LogP contribution is -2.21. The summed E-state index contributed by atoms with van der Waals surface area (Å²) in [5.41, 5.74) is 7.74. The number of aromatic carboxylic acids is 1. The van der Waals surface area contributed by atoms with Crippen molar-refractivity contribution in [3.05, 3.63) is 89.6 Å². The average Bonchev–Trinajstić information content (AvgIpc) is 3.26. The number of carbonyl (C=O) groups is 1.